The number of hydrogen-bond acceptors (Lipinski definition) is 13. The van der Waals surface area contributed by atoms with Crippen LogP contribution in [0.1, 0.15) is 52.4 Å². The number of aldehydes is 2. The van der Waals surface area contributed by atoms with Crippen molar-refractivity contribution in [2.75, 3.05) is 26.4 Å². The lowest BCUT2D eigenvalue weighted by Crippen LogP contribution is -2.26. The zero-order valence-electron chi connectivity index (χ0n) is 21.6. The molecule has 2 unspecified atom stereocenters. The van der Waals surface area contributed by atoms with Crippen molar-refractivity contribution in [2.24, 2.45) is 0 Å². The van der Waals surface area contributed by atoms with Gasteiger partial charge in [0.1, 0.15) is 38.0 Å². The van der Waals surface area contributed by atoms with E-state index >= 15 is 0 Å². The Balaban J connectivity index is 5.14. The van der Waals surface area contributed by atoms with Crippen molar-refractivity contribution in [3.63, 3.8) is 0 Å². The number of rotatable bonds is 22. The van der Waals surface area contributed by atoms with Gasteiger partial charge in [-0.3, -0.25) is 9.59 Å². The minimum absolute atomic E-state index is 0.00427. The van der Waals surface area contributed by atoms with Crippen LogP contribution in [0.2, 0.25) is 0 Å². The molecule has 0 fully saturated rings. The Morgan fingerprint density at radius 3 is 1.42 bits per heavy atom. The van der Waals surface area contributed by atoms with Crippen molar-refractivity contribution in [2.45, 2.75) is 64.6 Å². The summed E-state index contributed by atoms with van der Waals surface area (Å²) in [5.41, 5.74) is 0.349. The summed E-state index contributed by atoms with van der Waals surface area (Å²) in [5.74, 6) is -2.63. The maximum absolute atomic E-state index is 11.7. The van der Waals surface area contributed by atoms with Gasteiger partial charge in [-0.15, -0.1) is 0 Å². The highest BCUT2D eigenvalue weighted by Crippen LogP contribution is 2.38. The van der Waals surface area contributed by atoms with Crippen LogP contribution in [0.15, 0.2) is 24.3 Å². The number of hydrogen-bond donors (Lipinski definition) is 1. The SMILES string of the molecule is C=C(C)C(=O)OCCC(COC(=O)CCC=O)OP(O)OC(CCOC(=O)C(=C)C)COC(=O)CCC=O. The first-order valence-electron chi connectivity index (χ1n) is 11.7. The molecule has 0 rings (SSSR count). The first-order valence-corrected chi connectivity index (χ1v) is 12.8. The molecule has 0 amide bonds. The van der Waals surface area contributed by atoms with Crippen LogP contribution in [0.4, 0.5) is 0 Å². The van der Waals surface area contributed by atoms with Crippen LogP contribution in [0, 0.1) is 0 Å². The largest absolute Gasteiger partial charge is 0.463 e. The van der Waals surface area contributed by atoms with Crippen molar-refractivity contribution < 1.29 is 61.7 Å². The van der Waals surface area contributed by atoms with E-state index in [1.165, 1.54) is 13.8 Å². The molecule has 214 valence electrons. The monoisotopic (exact) mass is 562 g/mol. The summed E-state index contributed by atoms with van der Waals surface area (Å²) in [5, 5.41) is 0. The molecule has 0 aromatic carbocycles. The minimum Gasteiger partial charge on any atom is -0.463 e. The molecule has 0 aliphatic rings. The third-order valence-corrected chi connectivity index (χ3v) is 5.27. The first-order chi connectivity index (χ1) is 18.0. The molecule has 0 spiro atoms. The molecule has 2 atom stereocenters. The van der Waals surface area contributed by atoms with Crippen LogP contribution < -0.4 is 0 Å². The van der Waals surface area contributed by atoms with Gasteiger partial charge in [0, 0.05) is 36.8 Å². The van der Waals surface area contributed by atoms with E-state index in [1.807, 2.05) is 0 Å². The molecule has 0 saturated heterocycles. The topological polar surface area (TPSA) is 178 Å². The molecule has 0 radical (unpaired) electrons. The van der Waals surface area contributed by atoms with Crippen LogP contribution in [0.3, 0.4) is 0 Å². The fourth-order valence-corrected chi connectivity index (χ4v) is 3.19. The van der Waals surface area contributed by atoms with Crippen molar-refractivity contribution in [1.82, 2.24) is 0 Å². The molecular formula is C24H35O13P. The average Bonchev–Trinajstić information content (AvgIpc) is 2.87. The lowest BCUT2D eigenvalue weighted by Gasteiger charge is -2.24. The van der Waals surface area contributed by atoms with Crippen molar-refractivity contribution >= 4 is 45.1 Å². The summed E-state index contributed by atoms with van der Waals surface area (Å²) in [6.45, 7) is 8.87. The second-order valence-electron chi connectivity index (χ2n) is 7.88. The quantitative estimate of drug-likeness (QED) is 0.0667. The lowest BCUT2D eigenvalue weighted by molar-refractivity contribution is -0.149. The predicted molar refractivity (Wildman–Crippen MR) is 132 cm³/mol. The molecule has 0 heterocycles. The van der Waals surface area contributed by atoms with Gasteiger partial charge in [0.15, 0.2) is 0 Å². The number of ether oxygens (including phenoxy) is 4. The first kappa shape index (κ1) is 35.0. The standard InChI is InChI=1S/C24H35O13P/c1-17(2)23(29)32-13-9-19(15-34-21(27)7-5-11-25)36-38(31)37-20(10-14-33-24(30)18(3)4)16-35-22(28)8-6-12-26/h11-12,19-20,31H,1,3,5-10,13-16H2,2,4H3. The smallest absolute Gasteiger partial charge is 0.333 e. The molecule has 0 saturated carbocycles. The van der Waals surface area contributed by atoms with Crippen LogP contribution >= 0.6 is 8.60 Å². The summed E-state index contributed by atoms with van der Waals surface area (Å²) in [7, 11) is -2.64. The van der Waals surface area contributed by atoms with Gasteiger partial charge in [0.2, 0.25) is 0 Å². The summed E-state index contributed by atoms with van der Waals surface area (Å²) in [4.78, 5) is 78.0. The van der Waals surface area contributed by atoms with Crippen molar-refractivity contribution in [1.29, 1.82) is 0 Å². The molecule has 0 aromatic heterocycles. The van der Waals surface area contributed by atoms with Crippen molar-refractivity contribution in [3.05, 3.63) is 24.3 Å². The molecule has 38 heavy (non-hydrogen) atoms. The lowest BCUT2D eigenvalue weighted by atomic mass is 10.3. The Kier molecular flexibility index (Phi) is 19.3. The molecule has 13 nitrogen and oxygen atoms in total. The molecule has 0 bridgehead atoms. The highest BCUT2D eigenvalue weighted by molar-refractivity contribution is 7.40. The summed E-state index contributed by atoms with van der Waals surface area (Å²) < 4.78 is 31.0. The Bertz CT molecular complexity index is 760. The summed E-state index contributed by atoms with van der Waals surface area (Å²) >= 11 is 0. The second-order valence-corrected chi connectivity index (χ2v) is 8.78. The van der Waals surface area contributed by atoms with Gasteiger partial charge in [-0.1, -0.05) is 13.2 Å². The van der Waals surface area contributed by atoms with E-state index in [1.54, 1.807) is 0 Å². The predicted octanol–water partition coefficient (Wildman–Crippen LogP) is 2.04. The fourth-order valence-electron chi connectivity index (χ4n) is 2.30. The third kappa shape index (κ3) is 18.3. The average molecular weight is 563 g/mol. The van der Waals surface area contributed by atoms with Crippen LogP contribution in [-0.2, 0) is 56.8 Å². The van der Waals surface area contributed by atoms with E-state index in [2.05, 4.69) is 13.2 Å². The highest BCUT2D eigenvalue weighted by Gasteiger charge is 2.24. The van der Waals surface area contributed by atoms with Gasteiger partial charge in [-0.2, -0.15) is 0 Å². The van der Waals surface area contributed by atoms with E-state index in [-0.39, 0.29) is 76.1 Å². The maximum Gasteiger partial charge on any atom is 0.333 e. The van der Waals surface area contributed by atoms with E-state index in [9.17, 15) is 33.7 Å². The van der Waals surface area contributed by atoms with Gasteiger partial charge in [0.05, 0.1) is 26.1 Å². The zero-order valence-corrected chi connectivity index (χ0v) is 22.5. The molecule has 14 heteroatoms. The normalized spacial score (nSPS) is 12.8. The van der Waals surface area contributed by atoms with Gasteiger partial charge < -0.3 is 42.5 Å². The number of esters is 4. The zero-order chi connectivity index (χ0) is 28.9. The Morgan fingerprint density at radius 1 is 0.737 bits per heavy atom. The van der Waals surface area contributed by atoms with Gasteiger partial charge >= 0.3 is 32.5 Å². The molecule has 0 aliphatic carbocycles. The molecular weight excluding hydrogens is 527 g/mol. The molecule has 0 aromatic rings. The van der Waals surface area contributed by atoms with Crippen molar-refractivity contribution in [3.8, 4) is 0 Å². The Hall–Kier alpha value is -2.99. The Morgan fingerprint density at radius 2 is 1.11 bits per heavy atom. The fraction of sp³-hybridized carbons (Fsp3) is 0.583. The third-order valence-electron chi connectivity index (χ3n) is 4.31. The molecule has 0 aliphatic heterocycles. The van der Waals surface area contributed by atoms with Crippen LogP contribution in [-0.4, -0.2) is 80.0 Å². The Labute approximate surface area is 222 Å². The minimum atomic E-state index is -2.64. The number of carbonyl (C=O) groups excluding carboxylic acids is 6. The highest BCUT2D eigenvalue weighted by atomic mass is 31.2. The second kappa shape index (κ2) is 21.0. The summed E-state index contributed by atoms with van der Waals surface area (Å²) in [6.07, 6.45) is -1.16. The molecule has 1 N–H and O–H groups in total. The van der Waals surface area contributed by atoms with Gasteiger partial charge in [0.25, 0.3) is 0 Å². The van der Waals surface area contributed by atoms with Gasteiger partial charge in [-0.05, 0) is 13.8 Å². The summed E-state index contributed by atoms with van der Waals surface area (Å²) in [6, 6.07) is 0. The van der Waals surface area contributed by atoms with E-state index in [0.717, 1.165) is 0 Å². The number of carbonyl (C=O) groups is 6. The van der Waals surface area contributed by atoms with E-state index in [0.29, 0.717) is 12.6 Å². The van der Waals surface area contributed by atoms with E-state index < -0.39 is 44.7 Å². The van der Waals surface area contributed by atoms with Crippen LogP contribution in [0.5, 0.6) is 0 Å². The maximum atomic E-state index is 11.7. The van der Waals surface area contributed by atoms with Crippen LogP contribution in [0.25, 0.3) is 0 Å². The van der Waals surface area contributed by atoms with Gasteiger partial charge in [-0.25, -0.2) is 9.59 Å². The van der Waals surface area contributed by atoms with E-state index in [4.69, 9.17) is 28.0 Å².